The lowest BCUT2D eigenvalue weighted by molar-refractivity contribution is -0.121. The minimum absolute atomic E-state index is 0.105. The van der Waals surface area contributed by atoms with E-state index in [1.165, 1.54) is 12.7 Å². The Kier molecular flexibility index (Phi) is 2.12. The van der Waals surface area contributed by atoms with Gasteiger partial charge in [0.2, 0.25) is 0 Å². The van der Waals surface area contributed by atoms with Crippen LogP contribution in [0.2, 0.25) is 0 Å². The second-order valence-electron chi connectivity index (χ2n) is 3.93. The third-order valence-corrected chi connectivity index (χ3v) is 2.41. The topological polar surface area (TPSA) is 17.1 Å². The van der Waals surface area contributed by atoms with Gasteiger partial charge in [0.25, 0.3) is 0 Å². The zero-order valence-electron chi connectivity index (χ0n) is 6.89. The van der Waals surface area contributed by atoms with Crippen LogP contribution >= 0.6 is 0 Å². The van der Waals surface area contributed by atoms with Crippen LogP contribution in [0, 0.1) is 11.3 Å². The molecule has 0 aromatic rings. The van der Waals surface area contributed by atoms with E-state index in [-0.39, 0.29) is 5.41 Å². The highest BCUT2D eigenvalue weighted by molar-refractivity contribution is 5.60. The number of hydrogen-bond acceptors (Lipinski definition) is 1. The van der Waals surface area contributed by atoms with Gasteiger partial charge in [0.15, 0.2) is 0 Å². The van der Waals surface area contributed by atoms with E-state index in [1.54, 1.807) is 0 Å². The summed E-state index contributed by atoms with van der Waals surface area (Å²) in [6, 6.07) is 0. The number of carbonyl (C=O) groups is 1. The molecule has 0 saturated heterocycles. The fourth-order valence-electron chi connectivity index (χ4n) is 1.81. The first kappa shape index (κ1) is 7.77. The maximum Gasteiger partial charge on any atom is 0.126 e. The van der Waals surface area contributed by atoms with Gasteiger partial charge in [-0.3, -0.25) is 0 Å². The van der Waals surface area contributed by atoms with Crippen LogP contribution in [0.15, 0.2) is 0 Å². The number of carbonyl (C=O) groups excluding carboxylic acids is 1. The van der Waals surface area contributed by atoms with E-state index in [1.807, 2.05) is 0 Å². The molecular formula is C9H16O. The summed E-state index contributed by atoms with van der Waals surface area (Å²) in [5, 5.41) is 0. The second-order valence-corrected chi connectivity index (χ2v) is 3.93. The van der Waals surface area contributed by atoms with Crippen LogP contribution in [-0.2, 0) is 4.79 Å². The van der Waals surface area contributed by atoms with Gasteiger partial charge < -0.3 is 4.79 Å². The zero-order chi connectivity index (χ0) is 7.61. The molecule has 0 aromatic heterocycles. The monoisotopic (exact) mass is 140 g/mol. The fourth-order valence-corrected chi connectivity index (χ4v) is 1.81. The third-order valence-electron chi connectivity index (χ3n) is 2.41. The zero-order valence-corrected chi connectivity index (χ0v) is 6.89. The number of aldehydes is 1. The second kappa shape index (κ2) is 2.73. The number of rotatable bonds is 3. The Morgan fingerprint density at radius 3 is 2.20 bits per heavy atom. The van der Waals surface area contributed by atoms with Crippen LogP contribution in [0.3, 0.4) is 0 Å². The summed E-state index contributed by atoms with van der Waals surface area (Å²) in [6.45, 7) is 4.37. The van der Waals surface area contributed by atoms with Gasteiger partial charge in [-0.1, -0.05) is 20.3 Å². The van der Waals surface area contributed by atoms with Gasteiger partial charge in [0.1, 0.15) is 6.29 Å². The van der Waals surface area contributed by atoms with Crippen molar-refractivity contribution < 1.29 is 4.79 Å². The first-order chi connectivity index (χ1) is 4.68. The van der Waals surface area contributed by atoms with Crippen molar-refractivity contribution in [2.75, 3.05) is 0 Å². The van der Waals surface area contributed by atoms with Crippen molar-refractivity contribution in [3.8, 4) is 0 Å². The quantitative estimate of drug-likeness (QED) is 0.550. The van der Waals surface area contributed by atoms with Gasteiger partial charge in [0, 0.05) is 5.41 Å². The van der Waals surface area contributed by atoms with Crippen LogP contribution in [-0.4, -0.2) is 6.29 Å². The normalized spacial score (nSPS) is 22.3. The van der Waals surface area contributed by atoms with Crippen LogP contribution in [0.1, 0.15) is 39.5 Å². The lowest BCUT2D eigenvalue weighted by atomic mass is 9.66. The lowest BCUT2D eigenvalue weighted by Crippen LogP contribution is -2.32. The molecule has 58 valence electrons. The molecule has 0 bridgehead atoms. The molecule has 1 nitrogen and oxygen atoms in total. The largest absolute Gasteiger partial charge is 0.303 e. The molecule has 1 rings (SSSR count). The SMILES string of the molecule is CC(C)CC1(C=O)CCC1. The predicted molar refractivity (Wildman–Crippen MR) is 41.8 cm³/mol. The van der Waals surface area contributed by atoms with Crippen LogP contribution < -0.4 is 0 Å². The summed E-state index contributed by atoms with van der Waals surface area (Å²) < 4.78 is 0. The van der Waals surface area contributed by atoms with Crippen molar-refractivity contribution in [1.29, 1.82) is 0 Å². The van der Waals surface area contributed by atoms with Crippen LogP contribution in [0.4, 0.5) is 0 Å². The minimum Gasteiger partial charge on any atom is -0.303 e. The fraction of sp³-hybridized carbons (Fsp3) is 0.889. The smallest absolute Gasteiger partial charge is 0.126 e. The molecule has 1 fully saturated rings. The molecule has 0 spiro atoms. The van der Waals surface area contributed by atoms with E-state index >= 15 is 0 Å². The van der Waals surface area contributed by atoms with Crippen molar-refractivity contribution in [2.45, 2.75) is 39.5 Å². The van der Waals surface area contributed by atoms with Gasteiger partial charge in [-0.25, -0.2) is 0 Å². The Morgan fingerprint density at radius 1 is 1.50 bits per heavy atom. The first-order valence-corrected chi connectivity index (χ1v) is 4.15. The van der Waals surface area contributed by atoms with Crippen molar-refractivity contribution >= 4 is 6.29 Å². The van der Waals surface area contributed by atoms with E-state index in [0.29, 0.717) is 5.92 Å². The molecule has 0 unspecified atom stereocenters. The Morgan fingerprint density at radius 2 is 2.10 bits per heavy atom. The summed E-state index contributed by atoms with van der Waals surface area (Å²) in [7, 11) is 0. The maximum absolute atomic E-state index is 10.6. The van der Waals surface area contributed by atoms with E-state index < -0.39 is 0 Å². The Hall–Kier alpha value is -0.330. The van der Waals surface area contributed by atoms with E-state index in [4.69, 9.17) is 0 Å². The molecule has 0 atom stereocenters. The standard InChI is InChI=1S/C9H16O/c1-8(2)6-9(7-10)4-3-5-9/h7-8H,3-6H2,1-2H3. The predicted octanol–water partition coefficient (Wildman–Crippen LogP) is 2.40. The molecule has 1 saturated carbocycles. The highest BCUT2D eigenvalue weighted by Gasteiger charge is 2.36. The van der Waals surface area contributed by atoms with Crippen molar-refractivity contribution in [2.24, 2.45) is 11.3 Å². The van der Waals surface area contributed by atoms with Gasteiger partial charge in [0.05, 0.1) is 0 Å². The van der Waals surface area contributed by atoms with E-state index in [2.05, 4.69) is 13.8 Å². The van der Waals surface area contributed by atoms with Gasteiger partial charge in [-0.2, -0.15) is 0 Å². The van der Waals surface area contributed by atoms with E-state index in [0.717, 1.165) is 19.3 Å². The highest BCUT2D eigenvalue weighted by atomic mass is 16.1. The minimum atomic E-state index is 0.105. The summed E-state index contributed by atoms with van der Waals surface area (Å²) in [4.78, 5) is 10.6. The molecule has 1 aliphatic rings. The summed E-state index contributed by atoms with van der Waals surface area (Å²) in [5.41, 5.74) is 0.105. The molecule has 1 aliphatic carbocycles. The average molecular weight is 140 g/mol. The summed E-state index contributed by atoms with van der Waals surface area (Å²) >= 11 is 0. The Balaban J connectivity index is 2.40. The molecule has 0 aliphatic heterocycles. The van der Waals surface area contributed by atoms with Crippen LogP contribution in [0.5, 0.6) is 0 Å². The molecule has 0 heterocycles. The molecule has 0 N–H and O–H groups in total. The third kappa shape index (κ3) is 1.39. The number of hydrogen-bond donors (Lipinski definition) is 0. The highest BCUT2D eigenvalue weighted by Crippen LogP contribution is 2.43. The van der Waals surface area contributed by atoms with Crippen molar-refractivity contribution in [3.63, 3.8) is 0 Å². The summed E-state index contributed by atoms with van der Waals surface area (Å²) in [6.07, 6.45) is 5.79. The van der Waals surface area contributed by atoms with Crippen LogP contribution in [0.25, 0.3) is 0 Å². The summed E-state index contributed by atoms with van der Waals surface area (Å²) in [5.74, 6) is 0.672. The van der Waals surface area contributed by atoms with Crippen molar-refractivity contribution in [3.05, 3.63) is 0 Å². The Bertz CT molecular complexity index is 123. The maximum atomic E-state index is 10.6. The average Bonchev–Trinajstić information content (AvgIpc) is 1.78. The molecule has 0 aromatic carbocycles. The van der Waals surface area contributed by atoms with E-state index in [9.17, 15) is 4.79 Å². The van der Waals surface area contributed by atoms with Gasteiger partial charge in [-0.05, 0) is 25.2 Å². The van der Waals surface area contributed by atoms with Gasteiger partial charge in [-0.15, -0.1) is 0 Å². The van der Waals surface area contributed by atoms with Gasteiger partial charge >= 0.3 is 0 Å². The molecule has 1 heteroatoms. The Labute approximate surface area is 62.8 Å². The first-order valence-electron chi connectivity index (χ1n) is 4.15. The van der Waals surface area contributed by atoms with Crippen molar-refractivity contribution in [1.82, 2.24) is 0 Å². The molecule has 10 heavy (non-hydrogen) atoms. The molecule has 0 radical (unpaired) electrons. The molecular weight excluding hydrogens is 124 g/mol. The lowest BCUT2D eigenvalue weighted by Gasteiger charge is -2.37. The molecule has 0 amide bonds.